The van der Waals surface area contributed by atoms with Gasteiger partial charge in [0.2, 0.25) is 0 Å². The van der Waals surface area contributed by atoms with E-state index in [1.165, 1.54) is 0 Å². The highest BCUT2D eigenvalue weighted by molar-refractivity contribution is 6.31. The van der Waals surface area contributed by atoms with Crippen molar-refractivity contribution in [2.24, 2.45) is 11.8 Å². The van der Waals surface area contributed by atoms with Crippen molar-refractivity contribution in [1.29, 1.82) is 0 Å². The summed E-state index contributed by atoms with van der Waals surface area (Å²) in [4.78, 5) is 20.4. The first-order valence-corrected chi connectivity index (χ1v) is 11.1. The third-order valence-electron chi connectivity index (χ3n) is 6.29. The molecule has 4 rings (SSSR count). The van der Waals surface area contributed by atoms with Crippen LogP contribution in [0.3, 0.4) is 0 Å². The number of rotatable bonds is 6. The normalized spacial score (nSPS) is 21.1. The van der Waals surface area contributed by atoms with Crippen molar-refractivity contribution in [1.82, 2.24) is 14.8 Å². The van der Waals surface area contributed by atoms with E-state index >= 15 is 0 Å². The van der Waals surface area contributed by atoms with Crippen LogP contribution in [0.2, 0.25) is 5.02 Å². The van der Waals surface area contributed by atoms with Crippen LogP contribution in [0.25, 0.3) is 5.32 Å². The minimum Gasteiger partial charge on any atom is -0.684 e. The number of hydrogen-bond acceptors (Lipinski definition) is 3. The Balaban J connectivity index is 1.25. The van der Waals surface area contributed by atoms with Gasteiger partial charge in [-0.25, -0.2) is 0 Å². The smallest absolute Gasteiger partial charge is 0.417 e. The van der Waals surface area contributed by atoms with E-state index in [0.717, 1.165) is 55.8 Å². The fourth-order valence-electron chi connectivity index (χ4n) is 4.60. The van der Waals surface area contributed by atoms with Gasteiger partial charge in [0.1, 0.15) is 0 Å². The fourth-order valence-corrected chi connectivity index (χ4v) is 4.78. The van der Waals surface area contributed by atoms with Gasteiger partial charge in [-0.1, -0.05) is 36.2 Å². The average molecular weight is 466 g/mol. The summed E-state index contributed by atoms with van der Waals surface area (Å²) in [5, 5.41) is 5.29. The number of alkyl halides is 3. The molecule has 0 saturated carbocycles. The zero-order valence-corrected chi connectivity index (χ0v) is 18.5. The number of hydrogen-bond donors (Lipinski definition) is 0. The highest BCUT2D eigenvalue weighted by Gasteiger charge is 2.43. The summed E-state index contributed by atoms with van der Waals surface area (Å²) < 4.78 is 39.8. The minimum atomic E-state index is -4.57. The molecule has 2 aromatic rings. The molecule has 1 amide bonds. The number of benzene rings is 1. The first kappa shape index (κ1) is 22.9. The van der Waals surface area contributed by atoms with Gasteiger partial charge in [0, 0.05) is 43.6 Å². The third kappa shape index (κ3) is 5.02. The first-order valence-electron chi connectivity index (χ1n) is 10.7. The number of carbonyl (C=O) groups is 1. The predicted molar refractivity (Wildman–Crippen MR) is 117 cm³/mol. The number of carbonyl (C=O) groups excluding carboxylic acids is 1. The van der Waals surface area contributed by atoms with Gasteiger partial charge in [-0.05, 0) is 36.9 Å². The molecule has 2 saturated heterocycles. The van der Waals surface area contributed by atoms with Gasteiger partial charge in [0.25, 0.3) is 5.91 Å². The lowest BCUT2D eigenvalue weighted by Gasteiger charge is -2.25. The number of likely N-dealkylation sites (tertiary alicyclic amines) is 2. The van der Waals surface area contributed by atoms with E-state index in [2.05, 4.69) is 15.2 Å². The van der Waals surface area contributed by atoms with Gasteiger partial charge >= 0.3 is 6.18 Å². The van der Waals surface area contributed by atoms with E-state index in [1.54, 1.807) is 4.90 Å². The van der Waals surface area contributed by atoms with Crippen LogP contribution in [-0.2, 0) is 6.18 Å². The summed E-state index contributed by atoms with van der Waals surface area (Å²) in [5.41, 5.74) is 0.617. The van der Waals surface area contributed by atoms with Crippen LogP contribution in [0, 0.1) is 18.8 Å². The second-order valence-corrected chi connectivity index (χ2v) is 8.98. The quantitative estimate of drug-likeness (QED) is 0.553. The number of aryl methyl sites for hydroxylation is 1. The molecule has 5 nitrogen and oxygen atoms in total. The Morgan fingerprint density at radius 1 is 1.19 bits per heavy atom. The molecule has 2 fully saturated rings. The van der Waals surface area contributed by atoms with Crippen LogP contribution in [-0.4, -0.2) is 60.0 Å². The van der Waals surface area contributed by atoms with Gasteiger partial charge in [-0.15, -0.1) is 12.2 Å². The molecule has 0 radical (unpaired) electrons. The molecule has 2 atom stereocenters. The third-order valence-corrected chi connectivity index (χ3v) is 6.70. The van der Waals surface area contributed by atoms with Gasteiger partial charge < -0.3 is 15.1 Å². The molecule has 2 unspecified atom stereocenters. The van der Waals surface area contributed by atoms with E-state index in [-0.39, 0.29) is 17.4 Å². The molecule has 172 valence electrons. The molecular formula is C23H25ClF3N4O-. The summed E-state index contributed by atoms with van der Waals surface area (Å²) in [7, 11) is 0. The summed E-state index contributed by atoms with van der Waals surface area (Å²) in [5.74, 6) is -0.00228. The molecule has 2 aliphatic rings. The molecule has 0 bridgehead atoms. The maximum atomic E-state index is 13.3. The molecule has 0 N–H and O–H groups in total. The van der Waals surface area contributed by atoms with Crippen LogP contribution in [0.4, 0.5) is 18.9 Å². The van der Waals surface area contributed by atoms with Crippen molar-refractivity contribution in [3.8, 4) is 0 Å². The van der Waals surface area contributed by atoms with Crippen LogP contribution < -0.4 is 0 Å². The number of fused-ring (bicyclic) bond motifs is 1. The van der Waals surface area contributed by atoms with Crippen molar-refractivity contribution >= 4 is 23.2 Å². The lowest BCUT2D eigenvalue weighted by atomic mass is 10.0. The van der Waals surface area contributed by atoms with Crippen molar-refractivity contribution in [3.63, 3.8) is 0 Å². The van der Waals surface area contributed by atoms with Crippen LogP contribution in [0.1, 0.15) is 27.9 Å². The lowest BCUT2D eigenvalue weighted by molar-refractivity contribution is -0.138. The van der Waals surface area contributed by atoms with Gasteiger partial charge in [0.05, 0.1) is 11.1 Å². The monoisotopic (exact) mass is 465 g/mol. The Morgan fingerprint density at radius 2 is 1.91 bits per heavy atom. The molecule has 32 heavy (non-hydrogen) atoms. The van der Waals surface area contributed by atoms with Crippen molar-refractivity contribution in [2.75, 3.05) is 39.3 Å². The van der Waals surface area contributed by atoms with Gasteiger partial charge in [-0.2, -0.15) is 13.2 Å². The molecule has 1 aromatic heterocycles. The molecule has 0 spiro atoms. The summed E-state index contributed by atoms with van der Waals surface area (Å²) in [6, 6.07) is 6.65. The highest BCUT2D eigenvalue weighted by Crippen LogP contribution is 2.35. The van der Waals surface area contributed by atoms with Gasteiger partial charge in [-0.3, -0.25) is 9.78 Å². The highest BCUT2D eigenvalue weighted by atomic mass is 35.5. The van der Waals surface area contributed by atoms with Gasteiger partial charge in [0.15, 0.2) is 0 Å². The zero-order chi connectivity index (χ0) is 22.9. The molecule has 9 heteroatoms. The van der Waals surface area contributed by atoms with E-state index in [4.69, 9.17) is 11.6 Å². The maximum absolute atomic E-state index is 13.3. The first-order chi connectivity index (χ1) is 15.2. The number of amides is 1. The Hall–Kier alpha value is -2.32. The molecule has 3 heterocycles. The average Bonchev–Trinajstić information content (AvgIpc) is 3.31. The summed E-state index contributed by atoms with van der Waals surface area (Å²) >= 11 is 6.13. The van der Waals surface area contributed by atoms with Crippen molar-refractivity contribution in [2.45, 2.75) is 19.5 Å². The molecular weight excluding hydrogens is 441 g/mol. The topological polar surface area (TPSA) is 50.5 Å². The molecule has 0 aliphatic carbocycles. The molecule has 2 aliphatic heterocycles. The Morgan fingerprint density at radius 3 is 2.56 bits per heavy atom. The number of pyridine rings is 1. The van der Waals surface area contributed by atoms with E-state index in [9.17, 15) is 18.0 Å². The van der Waals surface area contributed by atoms with Crippen LogP contribution in [0.5, 0.6) is 0 Å². The number of halogens is 4. The minimum absolute atomic E-state index is 0.290. The summed E-state index contributed by atoms with van der Waals surface area (Å²) in [6.07, 6.45) is -1.57. The number of aromatic nitrogens is 1. The Kier molecular flexibility index (Phi) is 6.62. The zero-order valence-electron chi connectivity index (χ0n) is 17.8. The fraction of sp³-hybridized carbons (Fsp3) is 0.478. The second-order valence-electron chi connectivity index (χ2n) is 8.58. The number of nitrogens with zero attached hydrogens (tertiary/aromatic N) is 4. The largest absolute Gasteiger partial charge is 0.684 e. The second kappa shape index (κ2) is 9.27. The molecule has 1 aromatic carbocycles. The standard InChI is InChI=1S/C23H25ClF3N4O/c1-15-3-4-18(9-21(15)24)29-6-2-8-30-11-16-13-31(14-17(16)12-30)22(32)19-10-28-7-5-20(19)23(25,26)27/h3-5,7,9-10,16-17H,2,6,8,11-14H2,1H3/q-1. The summed E-state index contributed by atoms with van der Waals surface area (Å²) in [6.45, 7) is 6.24. The lowest BCUT2D eigenvalue weighted by Crippen LogP contribution is -2.34. The van der Waals surface area contributed by atoms with E-state index < -0.39 is 17.6 Å². The Labute approximate surface area is 190 Å². The Bertz CT molecular complexity index is 970. The van der Waals surface area contributed by atoms with Crippen molar-refractivity contribution in [3.05, 3.63) is 63.7 Å². The predicted octanol–water partition coefficient (Wildman–Crippen LogP) is 5.16. The SMILES string of the molecule is Cc1ccc([N-]CCCN2CC3CN(C(=O)c4cnccc4C(F)(F)F)CC3C2)cc1Cl. The van der Waals surface area contributed by atoms with Crippen molar-refractivity contribution < 1.29 is 18.0 Å². The van der Waals surface area contributed by atoms with Crippen LogP contribution in [0.15, 0.2) is 36.7 Å². The van der Waals surface area contributed by atoms with E-state index in [1.807, 2.05) is 25.1 Å². The van der Waals surface area contributed by atoms with E-state index in [0.29, 0.717) is 24.7 Å². The van der Waals surface area contributed by atoms with Crippen LogP contribution >= 0.6 is 11.6 Å². The maximum Gasteiger partial charge on any atom is 0.417 e.